The first-order valence-corrected chi connectivity index (χ1v) is 10.7. The molecule has 1 aliphatic carbocycles. The van der Waals surface area contributed by atoms with Crippen molar-refractivity contribution in [1.82, 2.24) is 4.57 Å². The van der Waals surface area contributed by atoms with Crippen LogP contribution in [0.1, 0.15) is 50.5 Å². The fourth-order valence-corrected chi connectivity index (χ4v) is 3.70. The number of hydrogen-bond acceptors (Lipinski definition) is 4. The van der Waals surface area contributed by atoms with E-state index >= 15 is 0 Å². The molecule has 0 aliphatic heterocycles. The molecule has 1 aromatic heterocycles. The second-order valence-electron chi connectivity index (χ2n) is 8.20. The Kier molecular flexibility index (Phi) is 6.21. The summed E-state index contributed by atoms with van der Waals surface area (Å²) in [5, 5.41) is 2.81. The Morgan fingerprint density at radius 3 is 2.47 bits per heavy atom. The standard InChI is InChI=1S/C26H26N2O4/c1-17-13-23(18(2)28(17)15-19-7-4-3-5-8-19)24(29)16-32-26(31)21-9-6-10-22(14-21)27-25(30)20-11-12-20/h3-10,13-14,20H,11-12,15-16H2,1-2H3,(H,27,30). The number of aromatic nitrogens is 1. The summed E-state index contributed by atoms with van der Waals surface area (Å²) >= 11 is 0. The largest absolute Gasteiger partial charge is 0.454 e. The van der Waals surface area contributed by atoms with Crippen molar-refractivity contribution in [2.75, 3.05) is 11.9 Å². The van der Waals surface area contributed by atoms with E-state index in [0.29, 0.717) is 23.4 Å². The molecule has 1 N–H and O–H groups in total. The molecule has 2 aromatic carbocycles. The highest BCUT2D eigenvalue weighted by Crippen LogP contribution is 2.30. The van der Waals surface area contributed by atoms with E-state index in [0.717, 1.165) is 29.8 Å². The molecule has 1 aliphatic rings. The Morgan fingerprint density at radius 2 is 1.75 bits per heavy atom. The third-order valence-electron chi connectivity index (χ3n) is 5.71. The van der Waals surface area contributed by atoms with Crippen LogP contribution in [-0.2, 0) is 16.1 Å². The van der Waals surface area contributed by atoms with Gasteiger partial charge in [0.05, 0.1) is 5.56 Å². The third kappa shape index (κ3) is 4.97. The van der Waals surface area contributed by atoms with Crippen LogP contribution in [0, 0.1) is 19.8 Å². The van der Waals surface area contributed by atoms with Crippen molar-refractivity contribution in [3.8, 4) is 0 Å². The molecule has 1 heterocycles. The second-order valence-corrected chi connectivity index (χ2v) is 8.20. The zero-order chi connectivity index (χ0) is 22.7. The fourth-order valence-electron chi connectivity index (χ4n) is 3.70. The molecule has 0 radical (unpaired) electrons. The van der Waals surface area contributed by atoms with Gasteiger partial charge in [0.15, 0.2) is 6.61 Å². The first-order chi connectivity index (χ1) is 15.4. The van der Waals surface area contributed by atoms with Crippen LogP contribution in [0.4, 0.5) is 5.69 Å². The summed E-state index contributed by atoms with van der Waals surface area (Å²) in [4.78, 5) is 37.2. The first kappa shape index (κ1) is 21.6. The van der Waals surface area contributed by atoms with Gasteiger partial charge in [0.25, 0.3) is 0 Å². The van der Waals surface area contributed by atoms with Gasteiger partial charge in [0.1, 0.15) is 0 Å². The van der Waals surface area contributed by atoms with Crippen LogP contribution in [0.5, 0.6) is 0 Å². The normalized spacial score (nSPS) is 12.9. The van der Waals surface area contributed by atoms with Gasteiger partial charge in [-0.3, -0.25) is 9.59 Å². The summed E-state index contributed by atoms with van der Waals surface area (Å²) in [6, 6.07) is 18.4. The predicted octanol–water partition coefficient (Wildman–Crippen LogP) is 4.54. The summed E-state index contributed by atoms with van der Waals surface area (Å²) < 4.78 is 7.36. The lowest BCUT2D eigenvalue weighted by Gasteiger charge is -2.10. The highest BCUT2D eigenvalue weighted by Gasteiger charge is 2.29. The van der Waals surface area contributed by atoms with Gasteiger partial charge in [-0.2, -0.15) is 0 Å². The maximum Gasteiger partial charge on any atom is 0.338 e. The maximum absolute atomic E-state index is 12.8. The average molecular weight is 431 g/mol. The number of anilines is 1. The van der Waals surface area contributed by atoms with Gasteiger partial charge < -0.3 is 14.6 Å². The molecule has 3 aromatic rings. The SMILES string of the molecule is Cc1cc(C(=O)COC(=O)c2cccc(NC(=O)C3CC3)c2)c(C)n1Cc1ccccc1. The number of hydrogen-bond donors (Lipinski definition) is 1. The van der Waals surface area contributed by atoms with E-state index in [4.69, 9.17) is 4.74 Å². The van der Waals surface area contributed by atoms with Crippen LogP contribution >= 0.6 is 0 Å². The number of carbonyl (C=O) groups is 3. The number of amides is 1. The molecule has 0 unspecified atom stereocenters. The quantitative estimate of drug-likeness (QED) is 0.420. The summed E-state index contributed by atoms with van der Waals surface area (Å²) in [6.45, 7) is 4.19. The Balaban J connectivity index is 1.39. The zero-order valence-electron chi connectivity index (χ0n) is 18.3. The number of carbonyl (C=O) groups excluding carboxylic acids is 3. The van der Waals surface area contributed by atoms with Crippen molar-refractivity contribution in [3.05, 3.63) is 88.7 Å². The van der Waals surface area contributed by atoms with Gasteiger partial charge in [-0.05, 0) is 56.5 Å². The lowest BCUT2D eigenvalue weighted by Crippen LogP contribution is -2.16. The van der Waals surface area contributed by atoms with Gasteiger partial charge in [-0.15, -0.1) is 0 Å². The molecule has 1 amide bonds. The average Bonchev–Trinajstić information content (AvgIpc) is 3.61. The van der Waals surface area contributed by atoms with Crippen molar-refractivity contribution in [3.63, 3.8) is 0 Å². The molecule has 0 saturated heterocycles. The Morgan fingerprint density at radius 1 is 1.00 bits per heavy atom. The molecule has 0 bridgehead atoms. The molecular weight excluding hydrogens is 404 g/mol. The summed E-state index contributed by atoms with van der Waals surface area (Å²) in [5.74, 6) is -0.802. The lowest BCUT2D eigenvalue weighted by atomic mass is 10.1. The smallest absolute Gasteiger partial charge is 0.338 e. The highest BCUT2D eigenvalue weighted by atomic mass is 16.5. The van der Waals surface area contributed by atoms with Crippen molar-refractivity contribution in [1.29, 1.82) is 0 Å². The number of Topliss-reactive ketones (excluding diaryl/α,β-unsaturated/α-hetero) is 1. The second kappa shape index (κ2) is 9.22. The Bertz CT molecular complexity index is 1160. The highest BCUT2D eigenvalue weighted by molar-refractivity contribution is 6.01. The van der Waals surface area contributed by atoms with E-state index in [1.54, 1.807) is 24.3 Å². The molecule has 4 rings (SSSR count). The van der Waals surface area contributed by atoms with Crippen LogP contribution in [0.15, 0.2) is 60.7 Å². The molecule has 0 spiro atoms. The number of nitrogens with one attached hydrogen (secondary N) is 1. The van der Waals surface area contributed by atoms with Crippen LogP contribution in [0.2, 0.25) is 0 Å². The molecule has 6 heteroatoms. The monoisotopic (exact) mass is 430 g/mol. The van der Waals surface area contributed by atoms with Crippen LogP contribution < -0.4 is 5.32 Å². The van der Waals surface area contributed by atoms with Crippen LogP contribution in [0.25, 0.3) is 0 Å². The fraction of sp³-hybridized carbons (Fsp3) is 0.269. The zero-order valence-corrected chi connectivity index (χ0v) is 18.3. The van der Waals surface area contributed by atoms with Gasteiger partial charge in [-0.25, -0.2) is 4.79 Å². The minimum absolute atomic E-state index is 0.0310. The number of rotatable bonds is 8. The number of ketones is 1. The van der Waals surface area contributed by atoms with Gasteiger partial charge in [0.2, 0.25) is 11.7 Å². The molecule has 0 atom stereocenters. The molecule has 6 nitrogen and oxygen atoms in total. The van der Waals surface area contributed by atoms with Crippen LogP contribution in [0.3, 0.4) is 0 Å². The first-order valence-electron chi connectivity index (χ1n) is 10.7. The summed E-state index contributed by atoms with van der Waals surface area (Å²) in [5.41, 5.74) is 4.36. The van der Waals surface area contributed by atoms with E-state index in [9.17, 15) is 14.4 Å². The van der Waals surface area contributed by atoms with Crippen molar-refractivity contribution >= 4 is 23.3 Å². The number of benzene rings is 2. The Labute approximate surface area is 187 Å². The number of esters is 1. The lowest BCUT2D eigenvalue weighted by molar-refractivity contribution is -0.117. The predicted molar refractivity (Wildman–Crippen MR) is 122 cm³/mol. The van der Waals surface area contributed by atoms with E-state index in [-0.39, 0.29) is 24.2 Å². The molecule has 1 saturated carbocycles. The van der Waals surface area contributed by atoms with Crippen molar-refractivity contribution in [2.45, 2.75) is 33.2 Å². The van der Waals surface area contributed by atoms with Gasteiger partial charge in [0, 0.05) is 35.1 Å². The third-order valence-corrected chi connectivity index (χ3v) is 5.71. The van der Waals surface area contributed by atoms with Crippen LogP contribution in [-0.4, -0.2) is 28.8 Å². The molecule has 32 heavy (non-hydrogen) atoms. The van der Waals surface area contributed by atoms with Crippen molar-refractivity contribution < 1.29 is 19.1 Å². The number of aryl methyl sites for hydroxylation is 1. The van der Waals surface area contributed by atoms with Crippen molar-refractivity contribution in [2.24, 2.45) is 5.92 Å². The minimum Gasteiger partial charge on any atom is -0.454 e. The minimum atomic E-state index is -0.598. The van der Waals surface area contributed by atoms with E-state index in [1.165, 1.54) is 0 Å². The number of nitrogens with zero attached hydrogens (tertiary/aromatic N) is 1. The number of ether oxygens (including phenoxy) is 1. The van der Waals surface area contributed by atoms with E-state index in [1.807, 2.05) is 50.2 Å². The van der Waals surface area contributed by atoms with Gasteiger partial charge >= 0.3 is 5.97 Å². The topological polar surface area (TPSA) is 77.4 Å². The molecular formula is C26H26N2O4. The molecule has 1 fully saturated rings. The van der Waals surface area contributed by atoms with Gasteiger partial charge in [-0.1, -0.05) is 36.4 Å². The molecule has 164 valence electrons. The summed E-state index contributed by atoms with van der Waals surface area (Å²) in [6.07, 6.45) is 1.81. The Hall–Kier alpha value is -3.67. The summed E-state index contributed by atoms with van der Waals surface area (Å²) in [7, 11) is 0. The van der Waals surface area contributed by atoms with E-state index < -0.39 is 5.97 Å². The van der Waals surface area contributed by atoms with E-state index in [2.05, 4.69) is 9.88 Å². The maximum atomic E-state index is 12.8.